The van der Waals surface area contributed by atoms with E-state index in [1.165, 1.54) is 10.9 Å². The Bertz CT molecular complexity index is 1150. The van der Waals surface area contributed by atoms with E-state index in [0.29, 0.717) is 36.0 Å². The van der Waals surface area contributed by atoms with E-state index in [-0.39, 0.29) is 18.0 Å². The summed E-state index contributed by atoms with van der Waals surface area (Å²) in [6, 6.07) is 9.18. The van der Waals surface area contributed by atoms with Crippen LogP contribution in [-0.2, 0) is 16.1 Å². The van der Waals surface area contributed by atoms with Gasteiger partial charge in [0.1, 0.15) is 6.54 Å². The molecule has 32 heavy (non-hydrogen) atoms. The number of morpholine rings is 1. The molecule has 0 atom stereocenters. The van der Waals surface area contributed by atoms with Gasteiger partial charge in [-0.1, -0.05) is 0 Å². The maximum atomic E-state index is 12.3. The number of nitrogens with one attached hydrogen (secondary N) is 2. The van der Waals surface area contributed by atoms with Gasteiger partial charge in [0.15, 0.2) is 5.82 Å². The number of amides is 1. The van der Waals surface area contributed by atoms with Gasteiger partial charge in [-0.3, -0.25) is 14.2 Å². The lowest BCUT2D eigenvalue weighted by atomic mass is 10.2. The molecule has 2 N–H and O–H groups in total. The summed E-state index contributed by atoms with van der Waals surface area (Å²) in [7, 11) is 0. The Morgan fingerprint density at radius 3 is 2.59 bits per heavy atom. The fraction of sp³-hybridized carbons (Fsp3) is 0.318. The first kappa shape index (κ1) is 21.4. The molecule has 3 aromatic rings. The largest absolute Gasteiger partial charge is 0.378 e. The monoisotopic (exact) mass is 435 g/mol. The van der Waals surface area contributed by atoms with Crippen LogP contribution in [0.4, 0.5) is 22.9 Å². The number of carbonyl (C=O) groups is 1. The van der Waals surface area contributed by atoms with Crippen LogP contribution < -0.4 is 21.1 Å². The molecule has 1 aliphatic heterocycles. The van der Waals surface area contributed by atoms with Crippen LogP contribution in [0.25, 0.3) is 0 Å². The summed E-state index contributed by atoms with van der Waals surface area (Å²) in [5.74, 6) is 0.328. The van der Waals surface area contributed by atoms with Gasteiger partial charge in [-0.25, -0.2) is 4.98 Å². The zero-order chi connectivity index (χ0) is 22.5. The number of benzene rings is 1. The third-order valence-corrected chi connectivity index (χ3v) is 5.29. The fourth-order valence-corrected chi connectivity index (χ4v) is 3.34. The highest BCUT2D eigenvalue weighted by atomic mass is 16.5. The predicted molar refractivity (Wildman–Crippen MR) is 121 cm³/mol. The number of carbonyl (C=O) groups excluding carboxylic acids is 1. The quantitative estimate of drug-likeness (QED) is 0.603. The van der Waals surface area contributed by atoms with Crippen molar-refractivity contribution in [3.05, 3.63) is 64.5 Å². The van der Waals surface area contributed by atoms with Gasteiger partial charge >= 0.3 is 0 Å². The van der Waals surface area contributed by atoms with Crippen LogP contribution in [0.3, 0.4) is 0 Å². The molecule has 3 heterocycles. The van der Waals surface area contributed by atoms with Crippen LogP contribution in [0.1, 0.15) is 11.3 Å². The predicted octanol–water partition coefficient (Wildman–Crippen LogP) is 1.87. The number of hydrogen-bond acceptors (Lipinski definition) is 8. The molecule has 4 rings (SSSR count). The maximum Gasteiger partial charge on any atom is 0.256 e. The summed E-state index contributed by atoms with van der Waals surface area (Å²) in [5.41, 5.74) is 3.41. The van der Waals surface area contributed by atoms with Crippen LogP contribution in [0.2, 0.25) is 0 Å². The molecule has 1 fully saturated rings. The number of aryl methyl sites for hydroxylation is 1. The Hall–Kier alpha value is -3.79. The standard InChI is InChI=1S/C22H25N7O3/c1-15-16(2)23-14-29(22(15)31)13-21(30)26-18-5-3-17(4-6-18)25-20-11-19(12-24-27-20)28-7-9-32-10-8-28/h3-6,11-12,14H,7-10,13H2,1-2H3,(H,25,27)(H,26,30). The van der Waals surface area contributed by atoms with E-state index in [1.807, 2.05) is 18.2 Å². The summed E-state index contributed by atoms with van der Waals surface area (Å²) in [5, 5.41) is 14.2. The van der Waals surface area contributed by atoms with Gasteiger partial charge in [0, 0.05) is 41.8 Å². The number of rotatable bonds is 6. The second-order valence-corrected chi connectivity index (χ2v) is 7.54. The summed E-state index contributed by atoms with van der Waals surface area (Å²) < 4.78 is 6.69. The van der Waals surface area contributed by atoms with Crippen molar-refractivity contribution in [3.63, 3.8) is 0 Å². The van der Waals surface area contributed by atoms with Gasteiger partial charge in [0.05, 0.1) is 31.4 Å². The maximum absolute atomic E-state index is 12.3. The molecule has 1 aromatic carbocycles. The van der Waals surface area contributed by atoms with E-state index in [2.05, 4.69) is 30.7 Å². The van der Waals surface area contributed by atoms with E-state index in [9.17, 15) is 9.59 Å². The minimum Gasteiger partial charge on any atom is -0.378 e. The lowest BCUT2D eigenvalue weighted by molar-refractivity contribution is -0.116. The Labute approximate surface area is 185 Å². The molecule has 0 unspecified atom stereocenters. The van der Waals surface area contributed by atoms with Crippen molar-refractivity contribution in [2.75, 3.05) is 41.8 Å². The molecular formula is C22H25N7O3. The average Bonchev–Trinajstić information content (AvgIpc) is 2.81. The van der Waals surface area contributed by atoms with Crippen LogP contribution >= 0.6 is 0 Å². The molecule has 10 heteroatoms. The normalized spacial score (nSPS) is 13.6. The van der Waals surface area contributed by atoms with Gasteiger partial charge in [-0.15, -0.1) is 5.10 Å². The SMILES string of the molecule is Cc1ncn(CC(=O)Nc2ccc(Nc3cc(N4CCOCC4)cnn3)cc2)c(=O)c1C. The number of aromatic nitrogens is 4. The fourth-order valence-electron chi connectivity index (χ4n) is 3.34. The first-order valence-electron chi connectivity index (χ1n) is 10.3. The summed E-state index contributed by atoms with van der Waals surface area (Å²) in [6.07, 6.45) is 3.13. The highest BCUT2D eigenvalue weighted by Crippen LogP contribution is 2.21. The molecular weight excluding hydrogens is 410 g/mol. The van der Waals surface area contributed by atoms with Crippen molar-refractivity contribution in [1.82, 2.24) is 19.7 Å². The minimum atomic E-state index is -0.304. The molecule has 0 bridgehead atoms. The van der Waals surface area contributed by atoms with Crippen LogP contribution in [-0.4, -0.2) is 52.0 Å². The van der Waals surface area contributed by atoms with Crippen molar-refractivity contribution in [3.8, 4) is 0 Å². The molecule has 0 radical (unpaired) electrons. The zero-order valence-electron chi connectivity index (χ0n) is 18.0. The van der Waals surface area contributed by atoms with E-state index in [1.54, 1.807) is 32.2 Å². The van der Waals surface area contributed by atoms with Crippen LogP contribution in [0, 0.1) is 13.8 Å². The topological polar surface area (TPSA) is 114 Å². The first-order chi connectivity index (χ1) is 15.5. The average molecular weight is 435 g/mol. The molecule has 1 saturated heterocycles. The molecule has 0 saturated carbocycles. The molecule has 1 amide bonds. The van der Waals surface area contributed by atoms with Gasteiger partial charge in [-0.2, -0.15) is 5.10 Å². The summed E-state index contributed by atoms with van der Waals surface area (Å²) in [4.78, 5) is 30.9. The van der Waals surface area contributed by atoms with Crippen LogP contribution in [0.5, 0.6) is 0 Å². The molecule has 2 aromatic heterocycles. The molecule has 1 aliphatic rings. The van der Waals surface area contributed by atoms with E-state index >= 15 is 0 Å². The van der Waals surface area contributed by atoms with E-state index in [4.69, 9.17) is 4.74 Å². The number of nitrogens with zero attached hydrogens (tertiary/aromatic N) is 5. The van der Waals surface area contributed by atoms with Crippen molar-refractivity contribution >= 4 is 28.8 Å². The number of anilines is 4. The van der Waals surface area contributed by atoms with Gasteiger partial charge in [0.25, 0.3) is 5.56 Å². The third kappa shape index (κ3) is 5.09. The third-order valence-electron chi connectivity index (χ3n) is 5.29. The molecule has 10 nitrogen and oxygen atoms in total. The van der Waals surface area contributed by atoms with Crippen molar-refractivity contribution < 1.29 is 9.53 Å². The summed E-state index contributed by atoms with van der Waals surface area (Å²) >= 11 is 0. The Balaban J connectivity index is 1.37. The lowest BCUT2D eigenvalue weighted by Crippen LogP contribution is -2.36. The van der Waals surface area contributed by atoms with E-state index in [0.717, 1.165) is 24.5 Å². The Morgan fingerprint density at radius 2 is 1.84 bits per heavy atom. The minimum absolute atomic E-state index is 0.100. The lowest BCUT2D eigenvalue weighted by Gasteiger charge is -2.28. The first-order valence-corrected chi connectivity index (χ1v) is 10.3. The number of ether oxygens (including phenoxy) is 1. The molecule has 0 aliphatic carbocycles. The van der Waals surface area contributed by atoms with Gasteiger partial charge < -0.3 is 20.3 Å². The van der Waals surface area contributed by atoms with Gasteiger partial charge in [-0.05, 0) is 38.1 Å². The Morgan fingerprint density at radius 1 is 1.12 bits per heavy atom. The second kappa shape index (κ2) is 9.56. The van der Waals surface area contributed by atoms with Crippen molar-refractivity contribution in [2.24, 2.45) is 0 Å². The van der Waals surface area contributed by atoms with Crippen molar-refractivity contribution in [1.29, 1.82) is 0 Å². The highest BCUT2D eigenvalue weighted by molar-refractivity contribution is 5.90. The smallest absolute Gasteiger partial charge is 0.256 e. The zero-order valence-corrected chi connectivity index (χ0v) is 18.0. The van der Waals surface area contributed by atoms with Crippen LogP contribution in [0.15, 0.2) is 47.7 Å². The molecule has 166 valence electrons. The highest BCUT2D eigenvalue weighted by Gasteiger charge is 2.13. The molecule has 0 spiro atoms. The van der Waals surface area contributed by atoms with Crippen molar-refractivity contribution in [2.45, 2.75) is 20.4 Å². The van der Waals surface area contributed by atoms with Gasteiger partial charge in [0.2, 0.25) is 5.91 Å². The Kier molecular flexibility index (Phi) is 6.41. The summed E-state index contributed by atoms with van der Waals surface area (Å²) in [6.45, 7) is 6.41. The second-order valence-electron chi connectivity index (χ2n) is 7.54. The number of hydrogen-bond donors (Lipinski definition) is 2. The van der Waals surface area contributed by atoms with E-state index < -0.39 is 0 Å².